The molecule has 5 heteroatoms. The first kappa shape index (κ1) is 14.4. The first-order chi connectivity index (χ1) is 9.46. The zero-order valence-corrected chi connectivity index (χ0v) is 10.5. The maximum Gasteiger partial charge on any atom is 0.573 e. The minimum Gasteiger partial charge on any atom is -0.405 e. The molecule has 1 N–H and O–H groups in total. The highest BCUT2D eigenvalue weighted by molar-refractivity contribution is 5.36. The number of aliphatic hydroxyl groups is 1. The summed E-state index contributed by atoms with van der Waals surface area (Å²) >= 11 is 0. The SMILES string of the molecule is OC(Cc1ccccc1)c1ccccc1OC(F)(F)F. The third kappa shape index (κ3) is 3.99. The molecule has 2 aromatic carbocycles. The molecule has 106 valence electrons. The minimum atomic E-state index is -4.78. The van der Waals surface area contributed by atoms with Crippen LogP contribution in [0.15, 0.2) is 54.6 Å². The number of ether oxygens (including phenoxy) is 1. The fraction of sp³-hybridized carbons (Fsp3) is 0.200. The smallest absolute Gasteiger partial charge is 0.405 e. The Morgan fingerprint density at radius 2 is 1.55 bits per heavy atom. The van der Waals surface area contributed by atoms with E-state index < -0.39 is 12.5 Å². The molecule has 0 aliphatic rings. The molecule has 2 nitrogen and oxygen atoms in total. The predicted molar refractivity (Wildman–Crippen MR) is 68.2 cm³/mol. The lowest BCUT2D eigenvalue weighted by atomic mass is 10.0. The highest BCUT2D eigenvalue weighted by Crippen LogP contribution is 2.31. The Bertz CT molecular complexity index is 553. The van der Waals surface area contributed by atoms with E-state index in [0.29, 0.717) is 0 Å². The first-order valence-corrected chi connectivity index (χ1v) is 6.02. The summed E-state index contributed by atoms with van der Waals surface area (Å²) in [5, 5.41) is 10.1. The average molecular weight is 282 g/mol. The molecule has 0 amide bonds. The highest BCUT2D eigenvalue weighted by Gasteiger charge is 2.32. The Kier molecular flexibility index (Phi) is 4.29. The van der Waals surface area contributed by atoms with Crippen LogP contribution in [-0.4, -0.2) is 11.5 Å². The molecule has 0 bridgehead atoms. The lowest BCUT2D eigenvalue weighted by molar-refractivity contribution is -0.275. The van der Waals surface area contributed by atoms with Gasteiger partial charge in [-0.25, -0.2) is 0 Å². The van der Waals surface area contributed by atoms with Gasteiger partial charge in [-0.2, -0.15) is 0 Å². The molecule has 0 spiro atoms. The summed E-state index contributed by atoms with van der Waals surface area (Å²) in [4.78, 5) is 0. The highest BCUT2D eigenvalue weighted by atomic mass is 19.4. The van der Waals surface area contributed by atoms with Gasteiger partial charge in [-0.05, 0) is 11.6 Å². The topological polar surface area (TPSA) is 29.5 Å². The number of rotatable bonds is 4. The molecule has 0 radical (unpaired) electrons. The molecule has 0 aliphatic heterocycles. The minimum absolute atomic E-state index is 0.119. The standard InChI is InChI=1S/C15H13F3O2/c16-15(17,18)20-14-9-5-4-8-12(14)13(19)10-11-6-2-1-3-7-11/h1-9,13,19H,10H2. The lowest BCUT2D eigenvalue weighted by Crippen LogP contribution is -2.19. The van der Waals surface area contributed by atoms with E-state index >= 15 is 0 Å². The molecule has 0 fully saturated rings. The van der Waals surface area contributed by atoms with E-state index in [1.165, 1.54) is 18.2 Å². The molecule has 2 rings (SSSR count). The molecule has 0 aliphatic carbocycles. The summed E-state index contributed by atoms with van der Waals surface area (Å²) in [5.74, 6) is -0.372. The molecular formula is C15H13F3O2. The zero-order chi connectivity index (χ0) is 14.6. The van der Waals surface area contributed by atoms with Crippen molar-refractivity contribution in [2.45, 2.75) is 18.9 Å². The number of para-hydroxylation sites is 1. The molecule has 0 saturated heterocycles. The molecule has 1 unspecified atom stereocenters. The van der Waals surface area contributed by atoms with Crippen LogP contribution in [0, 0.1) is 0 Å². The normalized spacial score (nSPS) is 13.0. The van der Waals surface area contributed by atoms with Gasteiger partial charge in [0, 0.05) is 12.0 Å². The van der Waals surface area contributed by atoms with Gasteiger partial charge in [0.25, 0.3) is 0 Å². The van der Waals surface area contributed by atoms with Crippen molar-refractivity contribution < 1.29 is 23.0 Å². The second-order valence-corrected chi connectivity index (χ2v) is 4.29. The Balaban J connectivity index is 2.19. The van der Waals surface area contributed by atoms with E-state index in [-0.39, 0.29) is 17.7 Å². The van der Waals surface area contributed by atoms with Crippen LogP contribution in [-0.2, 0) is 6.42 Å². The van der Waals surface area contributed by atoms with Crippen molar-refractivity contribution in [2.75, 3.05) is 0 Å². The van der Waals surface area contributed by atoms with E-state index in [4.69, 9.17) is 0 Å². The van der Waals surface area contributed by atoms with Crippen molar-refractivity contribution in [1.82, 2.24) is 0 Å². The molecule has 2 aromatic rings. The zero-order valence-electron chi connectivity index (χ0n) is 10.5. The lowest BCUT2D eigenvalue weighted by Gasteiger charge is -2.17. The fourth-order valence-electron chi connectivity index (χ4n) is 1.92. The van der Waals surface area contributed by atoms with Crippen LogP contribution in [0.3, 0.4) is 0 Å². The summed E-state index contributed by atoms with van der Waals surface area (Å²) in [6, 6.07) is 14.7. The summed E-state index contributed by atoms with van der Waals surface area (Å²) in [7, 11) is 0. The largest absolute Gasteiger partial charge is 0.573 e. The second kappa shape index (κ2) is 5.96. The summed E-state index contributed by atoms with van der Waals surface area (Å²) in [5.41, 5.74) is 0.954. The van der Waals surface area contributed by atoms with Gasteiger partial charge < -0.3 is 9.84 Å². The van der Waals surface area contributed by atoms with Crippen LogP contribution in [0.4, 0.5) is 13.2 Å². The van der Waals surface area contributed by atoms with Gasteiger partial charge in [0.05, 0.1) is 6.10 Å². The van der Waals surface area contributed by atoms with Crippen LogP contribution in [0.1, 0.15) is 17.2 Å². The molecule has 20 heavy (non-hydrogen) atoms. The van der Waals surface area contributed by atoms with Crippen LogP contribution in [0.2, 0.25) is 0 Å². The predicted octanol–water partition coefficient (Wildman–Crippen LogP) is 3.86. The maximum atomic E-state index is 12.3. The second-order valence-electron chi connectivity index (χ2n) is 4.29. The van der Waals surface area contributed by atoms with Crippen molar-refractivity contribution in [2.24, 2.45) is 0 Å². The van der Waals surface area contributed by atoms with E-state index in [2.05, 4.69) is 4.74 Å². The number of hydrogen-bond donors (Lipinski definition) is 1. The van der Waals surface area contributed by atoms with Crippen molar-refractivity contribution >= 4 is 0 Å². The average Bonchev–Trinajstić information content (AvgIpc) is 2.38. The van der Waals surface area contributed by atoms with Crippen molar-refractivity contribution in [3.05, 3.63) is 65.7 Å². The van der Waals surface area contributed by atoms with E-state index in [1.54, 1.807) is 30.3 Å². The Morgan fingerprint density at radius 1 is 0.950 bits per heavy atom. The summed E-state index contributed by atoms with van der Waals surface area (Å²) in [6.45, 7) is 0. The number of benzene rings is 2. The van der Waals surface area contributed by atoms with Gasteiger partial charge in [0.15, 0.2) is 0 Å². The third-order valence-electron chi connectivity index (χ3n) is 2.78. The summed E-state index contributed by atoms with van der Waals surface area (Å²) < 4.78 is 40.9. The first-order valence-electron chi connectivity index (χ1n) is 6.02. The van der Waals surface area contributed by atoms with Gasteiger partial charge in [0.1, 0.15) is 5.75 Å². The van der Waals surface area contributed by atoms with Crippen LogP contribution >= 0.6 is 0 Å². The quantitative estimate of drug-likeness (QED) is 0.922. The van der Waals surface area contributed by atoms with Gasteiger partial charge in [-0.15, -0.1) is 13.2 Å². The maximum absolute atomic E-state index is 12.3. The van der Waals surface area contributed by atoms with Crippen LogP contribution in [0.5, 0.6) is 5.75 Å². The van der Waals surface area contributed by atoms with E-state index in [1.807, 2.05) is 6.07 Å². The number of hydrogen-bond acceptors (Lipinski definition) is 2. The molecule has 1 atom stereocenters. The Morgan fingerprint density at radius 3 is 2.20 bits per heavy atom. The summed E-state index contributed by atoms with van der Waals surface area (Å²) in [6.07, 6.45) is -5.61. The monoisotopic (exact) mass is 282 g/mol. The number of aliphatic hydroxyl groups excluding tert-OH is 1. The number of alkyl halides is 3. The van der Waals surface area contributed by atoms with Gasteiger partial charge >= 0.3 is 6.36 Å². The van der Waals surface area contributed by atoms with Gasteiger partial charge in [-0.1, -0.05) is 48.5 Å². The van der Waals surface area contributed by atoms with E-state index in [9.17, 15) is 18.3 Å². The van der Waals surface area contributed by atoms with Crippen LogP contribution < -0.4 is 4.74 Å². The van der Waals surface area contributed by atoms with Gasteiger partial charge in [0.2, 0.25) is 0 Å². The fourth-order valence-corrected chi connectivity index (χ4v) is 1.92. The third-order valence-corrected chi connectivity index (χ3v) is 2.78. The molecule has 0 heterocycles. The molecular weight excluding hydrogens is 269 g/mol. The van der Waals surface area contributed by atoms with Crippen LogP contribution in [0.25, 0.3) is 0 Å². The van der Waals surface area contributed by atoms with Gasteiger partial charge in [-0.3, -0.25) is 0 Å². The van der Waals surface area contributed by atoms with E-state index in [0.717, 1.165) is 5.56 Å². The Labute approximate surface area is 114 Å². The van der Waals surface area contributed by atoms with Crippen molar-refractivity contribution in [3.8, 4) is 5.75 Å². The number of halogens is 3. The van der Waals surface area contributed by atoms with Crippen molar-refractivity contribution in [1.29, 1.82) is 0 Å². The molecule has 0 aromatic heterocycles. The molecule has 0 saturated carbocycles. The van der Waals surface area contributed by atoms with Crippen molar-refractivity contribution in [3.63, 3.8) is 0 Å². The Hall–Kier alpha value is -2.01.